The molecule has 1 unspecified atom stereocenters. The van der Waals surface area contributed by atoms with Crippen molar-refractivity contribution in [2.24, 2.45) is 5.92 Å². The highest BCUT2D eigenvalue weighted by Crippen LogP contribution is 2.13. The van der Waals surface area contributed by atoms with Gasteiger partial charge >= 0.3 is 5.97 Å². The molecule has 0 bridgehead atoms. The van der Waals surface area contributed by atoms with E-state index in [1.54, 1.807) is 14.0 Å². The fourth-order valence-electron chi connectivity index (χ4n) is 2.24. The quantitative estimate of drug-likeness (QED) is 0.710. The van der Waals surface area contributed by atoms with Crippen LogP contribution < -0.4 is 10.1 Å². The molecule has 1 rings (SSSR count). The van der Waals surface area contributed by atoms with Gasteiger partial charge in [0.1, 0.15) is 11.8 Å². The summed E-state index contributed by atoms with van der Waals surface area (Å²) in [6, 6.07) is 7.03. The van der Waals surface area contributed by atoms with Gasteiger partial charge in [-0.25, -0.2) is 4.79 Å². The molecule has 0 aliphatic rings. The molecular weight excluding hydrogens is 294 g/mol. The SMILES string of the molecule is CCOC(=O)C(CC(C)C)NC(=O)CCc1ccc(OC)cc1. The second-order valence-electron chi connectivity index (χ2n) is 5.85. The Balaban J connectivity index is 2.51. The third-order valence-corrected chi connectivity index (χ3v) is 3.41. The molecule has 1 N–H and O–H groups in total. The second kappa shape index (κ2) is 9.87. The van der Waals surface area contributed by atoms with Crippen molar-refractivity contribution >= 4 is 11.9 Å². The average Bonchev–Trinajstić information content (AvgIpc) is 2.52. The predicted octanol–water partition coefficient (Wildman–Crippen LogP) is 2.72. The molecule has 0 aromatic heterocycles. The molecule has 0 saturated heterocycles. The number of rotatable bonds is 9. The van der Waals surface area contributed by atoms with Crippen LogP contribution in [0.25, 0.3) is 0 Å². The van der Waals surface area contributed by atoms with E-state index in [2.05, 4.69) is 5.32 Å². The van der Waals surface area contributed by atoms with E-state index >= 15 is 0 Å². The number of esters is 1. The van der Waals surface area contributed by atoms with Crippen LogP contribution in [-0.4, -0.2) is 31.6 Å². The summed E-state index contributed by atoms with van der Waals surface area (Å²) in [6.45, 7) is 6.09. The first-order valence-corrected chi connectivity index (χ1v) is 8.05. The van der Waals surface area contributed by atoms with E-state index in [4.69, 9.17) is 9.47 Å². The number of carbonyl (C=O) groups is 2. The summed E-state index contributed by atoms with van der Waals surface area (Å²) < 4.78 is 10.1. The lowest BCUT2D eigenvalue weighted by Crippen LogP contribution is -2.42. The average molecular weight is 321 g/mol. The first kappa shape index (κ1) is 19.0. The molecule has 0 spiro atoms. The Labute approximate surface area is 138 Å². The van der Waals surface area contributed by atoms with Crippen molar-refractivity contribution in [2.75, 3.05) is 13.7 Å². The summed E-state index contributed by atoms with van der Waals surface area (Å²) in [5.41, 5.74) is 1.05. The maximum atomic E-state index is 12.1. The van der Waals surface area contributed by atoms with E-state index in [-0.39, 0.29) is 11.9 Å². The minimum atomic E-state index is -0.571. The number of ether oxygens (including phenoxy) is 2. The number of benzene rings is 1. The normalized spacial score (nSPS) is 11.9. The highest BCUT2D eigenvalue weighted by atomic mass is 16.5. The van der Waals surface area contributed by atoms with E-state index in [9.17, 15) is 9.59 Å². The van der Waals surface area contributed by atoms with Gasteiger partial charge in [-0.05, 0) is 43.4 Å². The van der Waals surface area contributed by atoms with Crippen LogP contribution in [0.15, 0.2) is 24.3 Å². The van der Waals surface area contributed by atoms with Crippen molar-refractivity contribution in [1.29, 1.82) is 0 Å². The van der Waals surface area contributed by atoms with Crippen molar-refractivity contribution in [2.45, 2.75) is 46.1 Å². The summed E-state index contributed by atoms with van der Waals surface area (Å²) in [5, 5.41) is 2.79. The summed E-state index contributed by atoms with van der Waals surface area (Å²) in [4.78, 5) is 24.0. The zero-order valence-corrected chi connectivity index (χ0v) is 14.4. The summed E-state index contributed by atoms with van der Waals surface area (Å²) in [7, 11) is 1.62. The van der Waals surface area contributed by atoms with Crippen molar-refractivity contribution in [3.63, 3.8) is 0 Å². The highest BCUT2D eigenvalue weighted by Gasteiger charge is 2.22. The Morgan fingerprint density at radius 1 is 1.17 bits per heavy atom. The number of hydrogen-bond donors (Lipinski definition) is 1. The van der Waals surface area contributed by atoms with Crippen LogP contribution in [0.4, 0.5) is 0 Å². The smallest absolute Gasteiger partial charge is 0.328 e. The standard InChI is InChI=1S/C18H27NO4/c1-5-23-18(21)16(12-13(2)3)19-17(20)11-8-14-6-9-15(22-4)10-7-14/h6-7,9-10,13,16H,5,8,11-12H2,1-4H3,(H,19,20). The van der Waals surface area contributed by atoms with Gasteiger partial charge in [0.25, 0.3) is 0 Å². The Morgan fingerprint density at radius 3 is 2.35 bits per heavy atom. The number of hydrogen-bond acceptors (Lipinski definition) is 4. The van der Waals surface area contributed by atoms with E-state index in [0.717, 1.165) is 11.3 Å². The largest absolute Gasteiger partial charge is 0.497 e. The number of amides is 1. The van der Waals surface area contributed by atoms with Gasteiger partial charge in [-0.3, -0.25) is 4.79 Å². The van der Waals surface area contributed by atoms with E-state index in [0.29, 0.717) is 31.8 Å². The number of nitrogens with one attached hydrogen (secondary N) is 1. The van der Waals surface area contributed by atoms with E-state index in [1.807, 2.05) is 38.1 Å². The lowest BCUT2D eigenvalue weighted by atomic mass is 10.0. The second-order valence-corrected chi connectivity index (χ2v) is 5.85. The van der Waals surface area contributed by atoms with Gasteiger partial charge in [-0.1, -0.05) is 26.0 Å². The fraction of sp³-hybridized carbons (Fsp3) is 0.556. The van der Waals surface area contributed by atoms with Crippen LogP contribution in [0.1, 0.15) is 39.2 Å². The predicted molar refractivity (Wildman–Crippen MR) is 89.3 cm³/mol. The molecule has 5 heteroatoms. The maximum absolute atomic E-state index is 12.1. The van der Waals surface area contributed by atoms with Crippen LogP contribution in [0.5, 0.6) is 5.75 Å². The van der Waals surface area contributed by atoms with Crippen LogP contribution in [0.2, 0.25) is 0 Å². The minimum Gasteiger partial charge on any atom is -0.497 e. The monoisotopic (exact) mass is 321 g/mol. The van der Waals surface area contributed by atoms with Crippen LogP contribution >= 0.6 is 0 Å². The molecule has 1 atom stereocenters. The van der Waals surface area contributed by atoms with Gasteiger partial charge in [0.15, 0.2) is 0 Å². The van der Waals surface area contributed by atoms with Crippen LogP contribution in [-0.2, 0) is 20.7 Å². The molecule has 0 aliphatic heterocycles. The lowest BCUT2D eigenvalue weighted by Gasteiger charge is -2.19. The highest BCUT2D eigenvalue weighted by molar-refractivity contribution is 5.84. The summed E-state index contributed by atoms with van der Waals surface area (Å²) in [6.07, 6.45) is 1.53. The molecule has 5 nitrogen and oxygen atoms in total. The van der Waals surface area contributed by atoms with E-state index < -0.39 is 6.04 Å². The summed E-state index contributed by atoms with van der Waals surface area (Å²) in [5.74, 6) is 0.585. The molecule has 1 amide bonds. The zero-order valence-electron chi connectivity index (χ0n) is 14.4. The molecule has 0 aliphatic carbocycles. The minimum absolute atomic E-state index is 0.139. The third-order valence-electron chi connectivity index (χ3n) is 3.41. The van der Waals surface area contributed by atoms with Crippen molar-refractivity contribution in [3.8, 4) is 5.75 Å². The summed E-state index contributed by atoms with van der Waals surface area (Å²) >= 11 is 0. The van der Waals surface area contributed by atoms with Crippen molar-refractivity contribution in [1.82, 2.24) is 5.32 Å². The van der Waals surface area contributed by atoms with Crippen molar-refractivity contribution in [3.05, 3.63) is 29.8 Å². The van der Waals surface area contributed by atoms with Crippen molar-refractivity contribution < 1.29 is 19.1 Å². The van der Waals surface area contributed by atoms with E-state index in [1.165, 1.54) is 0 Å². The van der Waals surface area contributed by atoms with Gasteiger partial charge < -0.3 is 14.8 Å². The Bertz CT molecular complexity index is 496. The fourth-order valence-corrected chi connectivity index (χ4v) is 2.24. The third kappa shape index (κ3) is 7.17. The topological polar surface area (TPSA) is 64.6 Å². The van der Waals surface area contributed by atoms with Crippen LogP contribution in [0.3, 0.4) is 0 Å². The number of carbonyl (C=O) groups excluding carboxylic acids is 2. The molecule has 1 aromatic carbocycles. The lowest BCUT2D eigenvalue weighted by molar-refractivity contribution is -0.147. The Morgan fingerprint density at radius 2 is 1.83 bits per heavy atom. The molecule has 0 saturated carbocycles. The molecular formula is C18H27NO4. The first-order chi connectivity index (χ1) is 11.0. The zero-order chi connectivity index (χ0) is 17.2. The van der Waals surface area contributed by atoms with Gasteiger partial charge in [0.05, 0.1) is 13.7 Å². The van der Waals surface area contributed by atoms with Gasteiger partial charge in [0.2, 0.25) is 5.91 Å². The van der Waals surface area contributed by atoms with Crippen LogP contribution in [0, 0.1) is 5.92 Å². The first-order valence-electron chi connectivity index (χ1n) is 8.05. The molecule has 128 valence electrons. The van der Waals surface area contributed by atoms with Gasteiger partial charge in [0, 0.05) is 6.42 Å². The molecule has 23 heavy (non-hydrogen) atoms. The molecule has 0 radical (unpaired) electrons. The Hall–Kier alpha value is -2.04. The van der Waals surface area contributed by atoms with Gasteiger partial charge in [-0.2, -0.15) is 0 Å². The number of methoxy groups -OCH3 is 1. The molecule has 0 fully saturated rings. The maximum Gasteiger partial charge on any atom is 0.328 e. The van der Waals surface area contributed by atoms with Gasteiger partial charge in [-0.15, -0.1) is 0 Å². The molecule has 0 heterocycles. The Kier molecular flexibility index (Phi) is 8.16. The number of aryl methyl sites for hydroxylation is 1. The molecule has 1 aromatic rings.